The predicted octanol–water partition coefficient (Wildman–Crippen LogP) is 3.69. The van der Waals surface area contributed by atoms with Crippen LogP contribution in [0.4, 0.5) is 0 Å². The molecule has 2 N–H and O–H groups in total. The number of hydrogen-bond acceptors (Lipinski definition) is 1. The molecule has 0 aliphatic rings. The summed E-state index contributed by atoms with van der Waals surface area (Å²) in [5.74, 6) is 0.547. The van der Waals surface area contributed by atoms with Gasteiger partial charge in [0.25, 0.3) is 0 Å². The Morgan fingerprint density at radius 1 is 1.36 bits per heavy atom. The van der Waals surface area contributed by atoms with Gasteiger partial charge in [-0.15, -0.1) is 0 Å². The zero-order valence-electron chi connectivity index (χ0n) is 9.92. The first-order valence-electron chi connectivity index (χ1n) is 5.45. The molecule has 0 aliphatic carbocycles. The Labute approximate surface area is 89.4 Å². The third-order valence-electron chi connectivity index (χ3n) is 2.03. The van der Waals surface area contributed by atoms with E-state index in [1.807, 2.05) is 26.0 Å². The molecule has 0 saturated carbocycles. The van der Waals surface area contributed by atoms with Crippen molar-refractivity contribution in [1.29, 1.82) is 0 Å². The van der Waals surface area contributed by atoms with Crippen molar-refractivity contribution in [3.8, 4) is 0 Å². The fourth-order valence-corrected chi connectivity index (χ4v) is 1.31. The van der Waals surface area contributed by atoms with E-state index in [-0.39, 0.29) is 0 Å². The van der Waals surface area contributed by atoms with Gasteiger partial charge in [-0.1, -0.05) is 52.2 Å². The molecule has 0 aromatic rings. The third kappa shape index (κ3) is 6.67. The first-order valence-corrected chi connectivity index (χ1v) is 5.45. The summed E-state index contributed by atoms with van der Waals surface area (Å²) in [5, 5.41) is 0. The maximum Gasteiger partial charge on any atom is -0.00714 e. The monoisotopic (exact) mass is 195 g/mol. The van der Waals surface area contributed by atoms with Crippen LogP contribution in [0.5, 0.6) is 0 Å². The summed E-state index contributed by atoms with van der Waals surface area (Å²) in [6.45, 7) is 14.3. The fraction of sp³-hybridized carbons (Fsp3) is 0.538. The molecule has 0 unspecified atom stereocenters. The van der Waals surface area contributed by atoms with E-state index in [1.165, 1.54) is 5.57 Å². The van der Waals surface area contributed by atoms with Gasteiger partial charge in [0.05, 0.1) is 0 Å². The number of hydrogen-bond donors (Lipinski definition) is 1. The van der Waals surface area contributed by atoms with Crippen molar-refractivity contribution in [2.45, 2.75) is 33.6 Å². The average Bonchev–Trinajstić information content (AvgIpc) is 2.26. The Bertz CT molecular complexity index is 168. The number of nitrogens with two attached hydrogens (primary N) is 1. The van der Waals surface area contributed by atoms with Gasteiger partial charge in [-0.05, 0) is 30.9 Å². The van der Waals surface area contributed by atoms with E-state index in [0.29, 0.717) is 5.92 Å². The summed E-state index contributed by atoms with van der Waals surface area (Å²) < 4.78 is 0. The zero-order valence-corrected chi connectivity index (χ0v) is 9.92. The maximum absolute atomic E-state index is 5.51. The lowest BCUT2D eigenvalue weighted by molar-refractivity contribution is 0.561. The van der Waals surface area contributed by atoms with E-state index in [4.69, 9.17) is 5.73 Å². The maximum atomic E-state index is 5.51. The SMILES string of the molecule is C=C/C=C(\C=C)[C@@H](CC)CCN.CC. The van der Waals surface area contributed by atoms with Crippen LogP contribution in [0.15, 0.2) is 37.0 Å². The van der Waals surface area contributed by atoms with Crippen LogP contribution >= 0.6 is 0 Å². The van der Waals surface area contributed by atoms with Crippen LogP contribution in [0.1, 0.15) is 33.6 Å². The summed E-state index contributed by atoms with van der Waals surface area (Å²) in [7, 11) is 0. The van der Waals surface area contributed by atoms with Crippen LogP contribution in [-0.4, -0.2) is 6.54 Å². The van der Waals surface area contributed by atoms with E-state index >= 15 is 0 Å². The van der Waals surface area contributed by atoms with Gasteiger partial charge < -0.3 is 5.73 Å². The molecule has 0 fully saturated rings. The highest BCUT2D eigenvalue weighted by molar-refractivity contribution is 5.23. The van der Waals surface area contributed by atoms with Crippen LogP contribution in [0.3, 0.4) is 0 Å². The van der Waals surface area contributed by atoms with Gasteiger partial charge >= 0.3 is 0 Å². The smallest absolute Gasteiger partial charge is 0.00714 e. The molecule has 0 amide bonds. The van der Waals surface area contributed by atoms with E-state index in [2.05, 4.69) is 20.1 Å². The second-order valence-corrected chi connectivity index (χ2v) is 2.79. The summed E-state index contributed by atoms with van der Waals surface area (Å²) >= 11 is 0. The molecule has 0 aliphatic heterocycles. The molecule has 0 bridgehead atoms. The van der Waals surface area contributed by atoms with Crippen molar-refractivity contribution in [3.63, 3.8) is 0 Å². The Morgan fingerprint density at radius 3 is 2.21 bits per heavy atom. The molecule has 0 spiro atoms. The minimum Gasteiger partial charge on any atom is -0.330 e. The molecule has 82 valence electrons. The molecule has 0 heterocycles. The Hall–Kier alpha value is -0.820. The molecule has 0 aromatic heterocycles. The second kappa shape index (κ2) is 12.2. The molecule has 0 radical (unpaired) electrons. The first-order chi connectivity index (χ1) is 6.79. The summed E-state index contributed by atoms with van der Waals surface area (Å²) in [5.41, 5.74) is 6.75. The lowest BCUT2D eigenvalue weighted by atomic mass is 9.92. The number of rotatable bonds is 6. The van der Waals surface area contributed by atoms with Gasteiger partial charge in [-0.2, -0.15) is 0 Å². The van der Waals surface area contributed by atoms with Crippen molar-refractivity contribution in [3.05, 3.63) is 37.0 Å². The Balaban J connectivity index is 0. The molecule has 0 saturated heterocycles. The van der Waals surface area contributed by atoms with Crippen molar-refractivity contribution >= 4 is 0 Å². The number of allylic oxidation sites excluding steroid dienone is 4. The molecule has 14 heavy (non-hydrogen) atoms. The van der Waals surface area contributed by atoms with Crippen LogP contribution in [0.25, 0.3) is 0 Å². The van der Waals surface area contributed by atoms with Crippen LogP contribution in [0.2, 0.25) is 0 Å². The van der Waals surface area contributed by atoms with Crippen LogP contribution in [-0.2, 0) is 0 Å². The molecule has 1 heteroatoms. The molecule has 1 nitrogen and oxygen atoms in total. The van der Waals surface area contributed by atoms with Gasteiger partial charge in [-0.3, -0.25) is 0 Å². The highest BCUT2D eigenvalue weighted by Crippen LogP contribution is 2.19. The van der Waals surface area contributed by atoms with Crippen molar-refractivity contribution in [2.24, 2.45) is 11.7 Å². The molecular weight excluding hydrogens is 170 g/mol. The van der Waals surface area contributed by atoms with Crippen LogP contribution in [0, 0.1) is 5.92 Å². The lowest BCUT2D eigenvalue weighted by Crippen LogP contribution is -2.09. The normalized spacial score (nSPS) is 12.4. The van der Waals surface area contributed by atoms with Gasteiger partial charge in [0, 0.05) is 0 Å². The topological polar surface area (TPSA) is 26.0 Å². The Kier molecular flexibility index (Phi) is 13.6. The third-order valence-corrected chi connectivity index (χ3v) is 2.03. The Morgan fingerprint density at radius 2 is 1.93 bits per heavy atom. The van der Waals surface area contributed by atoms with Crippen molar-refractivity contribution < 1.29 is 0 Å². The van der Waals surface area contributed by atoms with Gasteiger partial charge in [0.1, 0.15) is 0 Å². The summed E-state index contributed by atoms with van der Waals surface area (Å²) in [4.78, 5) is 0. The lowest BCUT2D eigenvalue weighted by Gasteiger charge is -2.14. The molecule has 0 rings (SSSR count). The zero-order chi connectivity index (χ0) is 11.4. The standard InChI is InChI=1S/C11H19N.C2H6/c1-4-7-10(5-2)11(6-3)8-9-12;1-2/h4-5,7,11H,1-2,6,8-9,12H2,3H3;1-2H3/b10-7+;/t11-;/m0./s1. The van der Waals surface area contributed by atoms with E-state index in [0.717, 1.165) is 19.4 Å². The largest absolute Gasteiger partial charge is 0.330 e. The predicted molar refractivity (Wildman–Crippen MR) is 67.3 cm³/mol. The first kappa shape index (κ1) is 15.6. The van der Waals surface area contributed by atoms with Gasteiger partial charge in [0.15, 0.2) is 0 Å². The van der Waals surface area contributed by atoms with E-state index in [1.54, 1.807) is 6.08 Å². The highest BCUT2D eigenvalue weighted by Gasteiger charge is 2.06. The summed E-state index contributed by atoms with van der Waals surface area (Å²) in [6.07, 6.45) is 7.85. The van der Waals surface area contributed by atoms with Crippen molar-refractivity contribution in [1.82, 2.24) is 0 Å². The van der Waals surface area contributed by atoms with Crippen molar-refractivity contribution in [2.75, 3.05) is 6.54 Å². The van der Waals surface area contributed by atoms with E-state index < -0.39 is 0 Å². The molecular formula is C13H25N. The van der Waals surface area contributed by atoms with Crippen LogP contribution < -0.4 is 5.73 Å². The average molecular weight is 195 g/mol. The second-order valence-electron chi connectivity index (χ2n) is 2.79. The minimum atomic E-state index is 0.547. The minimum absolute atomic E-state index is 0.547. The molecule has 1 atom stereocenters. The fourth-order valence-electron chi connectivity index (χ4n) is 1.31. The van der Waals surface area contributed by atoms with E-state index in [9.17, 15) is 0 Å². The summed E-state index contributed by atoms with van der Waals surface area (Å²) in [6, 6.07) is 0. The molecule has 0 aromatic carbocycles. The highest BCUT2D eigenvalue weighted by atomic mass is 14.5. The quantitative estimate of drug-likeness (QED) is 0.643. The van der Waals surface area contributed by atoms with Gasteiger partial charge in [0.2, 0.25) is 0 Å². The van der Waals surface area contributed by atoms with Gasteiger partial charge in [-0.25, -0.2) is 0 Å².